The Bertz CT molecular complexity index is 1660. The number of rotatable bonds is 9. The fraction of sp³-hybridized carbons (Fsp3) is 0.297. The average Bonchev–Trinajstić information content (AvgIpc) is 3.50. The van der Waals surface area contributed by atoms with Crippen LogP contribution in [0.4, 0.5) is 5.82 Å². The number of hydrogen-bond acceptors (Lipinski definition) is 6. The quantitative estimate of drug-likeness (QED) is 0.180. The van der Waals surface area contributed by atoms with Crippen molar-refractivity contribution in [2.75, 3.05) is 44.6 Å². The molecule has 1 N–H and O–H groups in total. The molecule has 0 spiro atoms. The van der Waals surface area contributed by atoms with E-state index in [-0.39, 0.29) is 6.04 Å². The molecule has 1 atom stereocenters. The largest absolute Gasteiger partial charge is 0.365 e. The minimum absolute atomic E-state index is 0.141. The number of hydrogen-bond donors (Lipinski definition) is 1. The molecule has 2 fully saturated rings. The minimum Gasteiger partial charge on any atom is -0.365 e. The zero-order valence-electron chi connectivity index (χ0n) is 25.3. The maximum absolute atomic E-state index is 6.24. The first kappa shape index (κ1) is 30.2. The molecular weight excluding hydrogens is 599 g/mol. The topological polar surface area (TPSA) is 47.5 Å². The van der Waals surface area contributed by atoms with Crippen LogP contribution in [0.5, 0.6) is 0 Å². The zero-order valence-corrected chi connectivity index (χ0v) is 26.8. The van der Waals surface area contributed by atoms with Crippen molar-refractivity contribution in [3.8, 4) is 0 Å². The summed E-state index contributed by atoms with van der Waals surface area (Å²) < 4.78 is 0. The number of aromatic nitrogens is 2. The van der Waals surface area contributed by atoms with E-state index >= 15 is 0 Å². The highest BCUT2D eigenvalue weighted by atomic mass is 35.5. The number of piperazine rings is 1. The first-order valence-corrected chi connectivity index (χ1v) is 16.6. The van der Waals surface area contributed by atoms with Gasteiger partial charge >= 0.3 is 0 Å². The molecule has 0 saturated carbocycles. The minimum atomic E-state index is 0.141. The lowest BCUT2D eigenvalue weighted by atomic mass is 9.96. The Morgan fingerprint density at radius 2 is 1.31 bits per heavy atom. The molecule has 0 unspecified atom stereocenters. The summed E-state index contributed by atoms with van der Waals surface area (Å²) in [6.45, 7) is 7.55. The molecule has 0 radical (unpaired) electrons. The molecule has 3 heterocycles. The Labute approximate surface area is 275 Å². The van der Waals surface area contributed by atoms with Gasteiger partial charge in [0.25, 0.3) is 0 Å². The SMILES string of the molecule is Clc1ccc(C(c2ccc(Cl)cc2)N2CCN(Cc3nc(N[C@@H]4CCN(Cc5ccccc5)C4)c4ccccc4n3)CC2)cc1. The summed E-state index contributed by atoms with van der Waals surface area (Å²) in [4.78, 5) is 17.7. The molecule has 1 aromatic heterocycles. The number of likely N-dealkylation sites (tertiary alicyclic amines) is 1. The maximum Gasteiger partial charge on any atom is 0.145 e. The van der Waals surface area contributed by atoms with Gasteiger partial charge in [0.05, 0.1) is 18.1 Å². The molecule has 2 aliphatic heterocycles. The highest BCUT2D eigenvalue weighted by molar-refractivity contribution is 6.30. The average molecular weight is 638 g/mol. The Hall–Kier alpha value is -3.52. The molecule has 0 amide bonds. The van der Waals surface area contributed by atoms with Crippen LogP contribution in [0.25, 0.3) is 10.9 Å². The molecule has 6 nitrogen and oxygen atoms in total. The molecule has 230 valence electrons. The summed E-state index contributed by atoms with van der Waals surface area (Å²) in [5.41, 5.74) is 4.82. The molecule has 2 aliphatic rings. The van der Waals surface area contributed by atoms with Crippen LogP contribution in [-0.4, -0.2) is 70.0 Å². The number of halogens is 2. The number of nitrogens with zero attached hydrogens (tertiary/aromatic N) is 5. The second kappa shape index (κ2) is 13.9. The number of anilines is 1. The van der Waals surface area contributed by atoms with Crippen LogP contribution in [0.3, 0.4) is 0 Å². The van der Waals surface area contributed by atoms with Gasteiger partial charge in [0.15, 0.2) is 0 Å². The van der Waals surface area contributed by atoms with Crippen LogP contribution in [0.1, 0.15) is 35.0 Å². The Morgan fingerprint density at radius 1 is 0.667 bits per heavy atom. The third-order valence-electron chi connectivity index (χ3n) is 9.02. The summed E-state index contributed by atoms with van der Waals surface area (Å²) in [6.07, 6.45) is 1.10. The van der Waals surface area contributed by atoms with Crippen LogP contribution in [0, 0.1) is 0 Å². The number of nitrogens with one attached hydrogen (secondary N) is 1. The van der Waals surface area contributed by atoms with E-state index in [0.717, 1.165) is 91.4 Å². The van der Waals surface area contributed by atoms with E-state index in [0.29, 0.717) is 6.04 Å². The fourth-order valence-corrected chi connectivity index (χ4v) is 6.97. The van der Waals surface area contributed by atoms with Crippen LogP contribution in [0.15, 0.2) is 103 Å². The number of fused-ring (bicyclic) bond motifs is 1. The van der Waals surface area contributed by atoms with Gasteiger partial charge in [0, 0.05) is 67.3 Å². The van der Waals surface area contributed by atoms with Crippen molar-refractivity contribution in [1.82, 2.24) is 24.7 Å². The monoisotopic (exact) mass is 636 g/mol. The molecule has 8 heteroatoms. The van der Waals surface area contributed by atoms with Crippen molar-refractivity contribution in [3.63, 3.8) is 0 Å². The van der Waals surface area contributed by atoms with Gasteiger partial charge in [-0.15, -0.1) is 0 Å². The van der Waals surface area contributed by atoms with Gasteiger partial charge in [-0.25, -0.2) is 9.97 Å². The first-order chi connectivity index (χ1) is 22.1. The molecular formula is C37H38Cl2N6. The highest BCUT2D eigenvalue weighted by Gasteiger charge is 2.28. The van der Waals surface area contributed by atoms with Gasteiger partial charge in [-0.1, -0.05) is 89.9 Å². The molecule has 45 heavy (non-hydrogen) atoms. The van der Waals surface area contributed by atoms with E-state index in [4.69, 9.17) is 33.2 Å². The molecule has 5 aromatic rings. The second-order valence-corrected chi connectivity index (χ2v) is 13.0. The summed E-state index contributed by atoms with van der Waals surface area (Å²) in [5.74, 6) is 1.82. The standard InChI is InChI=1S/C37H38Cl2N6/c38-30-14-10-28(11-15-30)36(29-12-16-31(39)17-13-29)45-22-20-43(21-23-45)26-35-41-34-9-5-4-8-33(34)37(42-35)40-32-18-19-44(25-32)24-27-6-2-1-3-7-27/h1-17,32,36H,18-26H2,(H,40,41,42)/t32-/m1/s1. The molecule has 2 saturated heterocycles. The van der Waals surface area contributed by atoms with E-state index in [1.165, 1.54) is 16.7 Å². The predicted molar refractivity (Wildman–Crippen MR) is 185 cm³/mol. The lowest BCUT2D eigenvalue weighted by Gasteiger charge is -2.39. The van der Waals surface area contributed by atoms with Crippen LogP contribution in [-0.2, 0) is 13.1 Å². The van der Waals surface area contributed by atoms with E-state index in [9.17, 15) is 0 Å². The fourth-order valence-electron chi connectivity index (χ4n) is 6.72. The summed E-state index contributed by atoms with van der Waals surface area (Å²) in [6, 6.07) is 36.1. The molecule has 0 bridgehead atoms. The normalized spacial score (nSPS) is 18.2. The second-order valence-electron chi connectivity index (χ2n) is 12.2. The van der Waals surface area contributed by atoms with Gasteiger partial charge in [0.2, 0.25) is 0 Å². The first-order valence-electron chi connectivity index (χ1n) is 15.8. The van der Waals surface area contributed by atoms with Gasteiger partial charge in [-0.2, -0.15) is 0 Å². The van der Waals surface area contributed by atoms with Crippen LogP contribution < -0.4 is 5.32 Å². The smallest absolute Gasteiger partial charge is 0.145 e. The number of para-hydroxylation sites is 1. The lowest BCUT2D eigenvalue weighted by molar-refractivity contribution is 0.103. The third kappa shape index (κ3) is 7.32. The van der Waals surface area contributed by atoms with E-state index < -0.39 is 0 Å². The Balaban J connectivity index is 1.03. The van der Waals surface area contributed by atoms with Crippen molar-refractivity contribution in [3.05, 3.63) is 136 Å². The van der Waals surface area contributed by atoms with Gasteiger partial charge in [0.1, 0.15) is 11.6 Å². The van der Waals surface area contributed by atoms with E-state index in [2.05, 4.69) is 98.9 Å². The number of benzene rings is 4. The van der Waals surface area contributed by atoms with Crippen LogP contribution >= 0.6 is 23.2 Å². The summed E-state index contributed by atoms with van der Waals surface area (Å²) >= 11 is 12.5. The van der Waals surface area contributed by atoms with Crippen molar-refractivity contribution in [2.45, 2.75) is 31.6 Å². The van der Waals surface area contributed by atoms with E-state index in [1.54, 1.807) is 0 Å². The van der Waals surface area contributed by atoms with Crippen molar-refractivity contribution in [2.24, 2.45) is 0 Å². The van der Waals surface area contributed by atoms with Crippen LogP contribution in [0.2, 0.25) is 10.0 Å². The molecule has 4 aromatic carbocycles. The Kier molecular flexibility index (Phi) is 9.28. The van der Waals surface area contributed by atoms with E-state index in [1.807, 2.05) is 24.3 Å². The zero-order chi connectivity index (χ0) is 30.6. The van der Waals surface area contributed by atoms with Crippen molar-refractivity contribution in [1.29, 1.82) is 0 Å². The predicted octanol–water partition coefficient (Wildman–Crippen LogP) is 7.53. The summed E-state index contributed by atoms with van der Waals surface area (Å²) in [5, 5.41) is 6.39. The van der Waals surface area contributed by atoms with Crippen molar-refractivity contribution < 1.29 is 0 Å². The van der Waals surface area contributed by atoms with Gasteiger partial charge in [-0.05, 0) is 59.5 Å². The highest BCUT2D eigenvalue weighted by Crippen LogP contribution is 2.32. The van der Waals surface area contributed by atoms with Gasteiger partial charge in [-0.3, -0.25) is 14.7 Å². The van der Waals surface area contributed by atoms with Gasteiger partial charge < -0.3 is 5.32 Å². The maximum atomic E-state index is 6.24. The van der Waals surface area contributed by atoms with Crippen molar-refractivity contribution >= 4 is 39.9 Å². The molecule has 7 rings (SSSR count). The third-order valence-corrected chi connectivity index (χ3v) is 9.52. The lowest BCUT2D eigenvalue weighted by Crippen LogP contribution is -2.47. The summed E-state index contributed by atoms with van der Waals surface area (Å²) in [7, 11) is 0. The Morgan fingerprint density at radius 3 is 2.00 bits per heavy atom. The molecule has 0 aliphatic carbocycles.